The van der Waals surface area contributed by atoms with Gasteiger partial charge in [-0.1, -0.05) is 0 Å². The molecule has 1 fully saturated rings. The summed E-state index contributed by atoms with van der Waals surface area (Å²) in [6.07, 6.45) is 3.31. The third-order valence-corrected chi connectivity index (χ3v) is 3.32. The second-order valence-corrected chi connectivity index (χ2v) is 4.56. The maximum atomic E-state index is 11.0. The van der Waals surface area contributed by atoms with Crippen LogP contribution in [0.25, 0.3) is 11.2 Å². The van der Waals surface area contributed by atoms with Gasteiger partial charge in [-0.3, -0.25) is 4.79 Å². The van der Waals surface area contributed by atoms with E-state index in [0.717, 1.165) is 30.9 Å². The Kier molecular flexibility index (Phi) is 2.62. The standard InChI is InChI=1S/C12H14N4O2/c17-11(18)8-3-2-6-16(7-8)12-14-9-4-1-5-13-10(9)15-12/h1,4-5,8H,2-3,6-7H2,(H,17,18)(H,13,14,15)/t8-/m1/s1. The molecule has 0 amide bonds. The van der Waals surface area contributed by atoms with Crippen LogP contribution in [0, 0.1) is 5.92 Å². The van der Waals surface area contributed by atoms with Crippen molar-refractivity contribution in [3.8, 4) is 0 Å². The summed E-state index contributed by atoms with van der Waals surface area (Å²) in [7, 11) is 0. The molecule has 0 saturated carbocycles. The van der Waals surface area contributed by atoms with Gasteiger partial charge in [0.05, 0.1) is 11.4 Å². The zero-order valence-electron chi connectivity index (χ0n) is 9.83. The molecule has 3 heterocycles. The number of carboxylic acid groups (broad SMARTS) is 1. The van der Waals surface area contributed by atoms with Gasteiger partial charge in [0.2, 0.25) is 5.95 Å². The van der Waals surface area contributed by atoms with E-state index >= 15 is 0 Å². The number of rotatable bonds is 2. The molecule has 0 radical (unpaired) electrons. The molecular weight excluding hydrogens is 232 g/mol. The molecule has 0 spiro atoms. The smallest absolute Gasteiger partial charge is 0.308 e. The monoisotopic (exact) mass is 246 g/mol. The maximum Gasteiger partial charge on any atom is 0.308 e. The van der Waals surface area contributed by atoms with Gasteiger partial charge in [0.25, 0.3) is 0 Å². The number of hydrogen-bond donors (Lipinski definition) is 2. The summed E-state index contributed by atoms with van der Waals surface area (Å²) in [5, 5.41) is 9.07. The summed E-state index contributed by atoms with van der Waals surface area (Å²) in [5.74, 6) is -0.316. The van der Waals surface area contributed by atoms with E-state index in [1.807, 2.05) is 17.0 Å². The lowest BCUT2D eigenvalue weighted by Gasteiger charge is -2.30. The summed E-state index contributed by atoms with van der Waals surface area (Å²) in [6, 6.07) is 3.76. The highest BCUT2D eigenvalue weighted by Crippen LogP contribution is 2.22. The first-order valence-corrected chi connectivity index (χ1v) is 6.02. The largest absolute Gasteiger partial charge is 0.481 e. The van der Waals surface area contributed by atoms with Gasteiger partial charge in [-0.05, 0) is 25.0 Å². The number of carboxylic acids is 1. The molecule has 2 N–H and O–H groups in total. The van der Waals surface area contributed by atoms with Crippen LogP contribution in [0.5, 0.6) is 0 Å². The van der Waals surface area contributed by atoms with Crippen molar-refractivity contribution in [2.24, 2.45) is 5.92 Å². The number of aliphatic carboxylic acids is 1. The van der Waals surface area contributed by atoms with Crippen LogP contribution in [0.2, 0.25) is 0 Å². The number of imidazole rings is 1. The summed E-state index contributed by atoms with van der Waals surface area (Å²) >= 11 is 0. The minimum atomic E-state index is -0.728. The van der Waals surface area contributed by atoms with Crippen molar-refractivity contribution in [1.29, 1.82) is 0 Å². The van der Waals surface area contributed by atoms with Gasteiger partial charge < -0.3 is 15.0 Å². The fourth-order valence-corrected chi connectivity index (χ4v) is 2.35. The van der Waals surface area contributed by atoms with Gasteiger partial charge >= 0.3 is 5.97 Å². The predicted molar refractivity (Wildman–Crippen MR) is 66.5 cm³/mol. The average Bonchev–Trinajstić information content (AvgIpc) is 2.82. The molecule has 0 aromatic carbocycles. The van der Waals surface area contributed by atoms with Crippen LogP contribution < -0.4 is 4.90 Å². The topological polar surface area (TPSA) is 82.1 Å². The number of nitrogens with zero attached hydrogens (tertiary/aromatic N) is 3. The Bertz CT molecular complexity index is 547. The number of aromatic amines is 1. The Morgan fingerprint density at radius 3 is 3.22 bits per heavy atom. The summed E-state index contributed by atoms with van der Waals surface area (Å²) in [4.78, 5) is 24.8. The van der Waals surface area contributed by atoms with Crippen molar-refractivity contribution in [2.45, 2.75) is 12.8 Å². The molecule has 1 saturated heterocycles. The highest BCUT2D eigenvalue weighted by atomic mass is 16.4. The number of aromatic nitrogens is 3. The van der Waals surface area contributed by atoms with Crippen LogP contribution in [0.3, 0.4) is 0 Å². The zero-order valence-corrected chi connectivity index (χ0v) is 9.83. The average molecular weight is 246 g/mol. The van der Waals surface area contributed by atoms with E-state index in [2.05, 4.69) is 15.0 Å². The Hall–Kier alpha value is -2.11. The predicted octanol–water partition coefficient (Wildman–Crippen LogP) is 1.26. The number of pyridine rings is 1. The van der Waals surface area contributed by atoms with E-state index < -0.39 is 5.97 Å². The van der Waals surface area contributed by atoms with E-state index in [9.17, 15) is 4.79 Å². The maximum absolute atomic E-state index is 11.0. The first-order valence-electron chi connectivity index (χ1n) is 6.02. The van der Waals surface area contributed by atoms with Crippen molar-refractivity contribution in [3.63, 3.8) is 0 Å². The Morgan fingerprint density at radius 2 is 2.44 bits per heavy atom. The highest BCUT2D eigenvalue weighted by molar-refractivity contribution is 5.74. The number of piperidine rings is 1. The van der Waals surface area contributed by atoms with Crippen LogP contribution in [-0.2, 0) is 4.79 Å². The lowest BCUT2D eigenvalue weighted by molar-refractivity contribution is -0.141. The summed E-state index contributed by atoms with van der Waals surface area (Å²) in [6.45, 7) is 1.35. The molecule has 1 aliphatic heterocycles. The molecule has 0 aliphatic carbocycles. The van der Waals surface area contributed by atoms with Gasteiger partial charge in [-0.15, -0.1) is 0 Å². The lowest BCUT2D eigenvalue weighted by Crippen LogP contribution is -2.39. The molecule has 3 rings (SSSR count). The van der Waals surface area contributed by atoms with E-state index in [1.54, 1.807) is 6.20 Å². The molecule has 1 atom stereocenters. The molecular formula is C12H14N4O2. The summed E-state index contributed by atoms with van der Waals surface area (Å²) < 4.78 is 0. The number of H-pyrrole nitrogens is 1. The third-order valence-electron chi connectivity index (χ3n) is 3.32. The first kappa shape index (κ1) is 11.0. The fourth-order valence-electron chi connectivity index (χ4n) is 2.35. The van der Waals surface area contributed by atoms with Crippen molar-refractivity contribution in [2.75, 3.05) is 18.0 Å². The Morgan fingerprint density at radius 1 is 1.56 bits per heavy atom. The molecule has 2 aromatic rings. The number of anilines is 1. The van der Waals surface area contributed by atoms with Crippen LogP contribution in [-0.4, -0.2) is 39.1 Å². The third kappa shape index (κ3) is 1.90. The van der Waals surface area contributed by atoms with Crippen LogP contribution in [0.4, 0.5) is 5.95 Å². The number of fused-ring (bicyclic) bond motifs is 1. The molecule has 0 unspecified atom stereocenters. The van der Waals surface area contributed by atoms with Crippen molar-refractivity contribution in [3.05, 3.63) is 18.3 Å². The summed E-state index contributed by atoms with van der Waals surface area (Å²) in [5.41, 5.74) is 1.55. The normalized spacial score (nSPS) is 20.2. The van der Waals surface area contributed by atoms with E-state index in [0.29, 0.717) is 12.2 Å². The van der Waals surface area contributed by atoms with Crippen molar-refractivity contribution < 1.29 is 9.90 Å². The number of nitrogens with one attached hydrogen (secondary N) is 1. The highest BCUT2D eigenvalue weighted by Gasteiger charge is 2.26. The molecule has 1 aliphatic rings. The Balaban J connectivity index is 1.87. The fraction of sp³-hybridized carbons (Fsp3) is 0.417. The molecule has 2 aromatic heterocycles. The second kappa shape index (κ2) is 4.29. The molecule has 6 heteroatoms. The van der Waals surface area contributed by atoms with Crippen LogP contribution in [0.15, 0.2) is 18.3 Å². The van der Waals surface area contributed by atoms with E-state index in [-0.39, 0.29) is 5.92 Å². The SMILES string of the molecule is O=C(O)[C@@H]1CCCN(c2nc3ncccc3[nH]2)C1. The van der Waals surface area contributed by atoms with Gasteiger partial charge in [-0.25, -0.2) is 4.98 Å². The van der Waals surface area contributed by atoms with Gasteiger partial charge in [0, 0.05) is 19.3 Å². The quantitative estimate of drug-likeness (QED) is 0.833. The molecule has 18 heavy (non-hydrogen) atoms. The van der Waals surface area contributed by atoms with Gasteiger partial charge in [-0.2, -0.15) is 4.98 Å². The lowest BCUT2D eigenvalue weighted by atomic mass is 9.99. The van der Waals surface area contributed by atoms with Crippen molar-refractivity contribution in [1.82, 2.24) is 15.0 Å². The Labute approximate surface area is 104 Å². The van der Waals surface area contributed by atoms with Gasteiger partial charge in [0.1, 0.15) is 0 Å². The van der Waals surface area contributed by atoms with Gasteiger partial charge in [0.15, 0.2) is 5.65 Å². The first-order chi connectivity index (χ1) is 8.74. The second-order valence-electron chi connectivity index (χ2n) is 4.56. The van der Waals surface area contributed by atoms with E-state index in [1.165, 1.54) is 0 Å². The van der Waals surface area contributed by atoms with Crippen LogP contribution in [0.1, 0.15) is 12.8 Å². The number of hydrogen-bond acceptors (Lipinski definition) is 4. The number of carbonyl (C=O) groups is 1. The minimum absolute atomic E-state index is 0.306. The minimum Gasteiger partial charge on any atom is -0.481 e. The molecule has 94 valence electrons. The van der Waals surface area contributed by atoms with E-state index in [4.69, 9.17) is 5.11 Å². The zero-order chi connectivity index (χ0) is 12.5. The molecule has 0 bridgehead atoms. The van der Waals surface area contributed by atoms with Crippen LogP contribution >= 0.6 is 0 Å². The van der Waals surface area contributed by atoms with Crippen molar-refractivity contribution >= 4 is 23.1 Å². The molecule has 6 nitrogen and oxygen atoms in total.